The molecular formula is C20H28N2O2. The van der Waals surface area contributed by atoms with Crippen molar-refractivity contribution in [3.8, 4) is 0 Å². The van der Waals surface area contributed by atoms with E-state index in [1.165, 1.54) is 29.5 Å². The fourth-order valence-electron chi connectivity index (χ4n) is 3.84. The topological polar surface area (TPSA) is 52.6 Å². The second-order valence-corrected chi connectivity index (χ2v) is 6.94. The fourth-order valence-corrected chi connectivity index (χ4v) is 3.84. The highest BCUT2D eigenvalue weighted by molar-refractivity contribution is 5.79. The van der Waals surface area contributed by atoms with E-state index in [1.54, 1.807) is 6.92 Å². The van der Waals surface area contributed by atoms with Crippen molar-refractivity contribution in [1.29, 1.82) is 0 Å². The largest absolute Gasteiger partial charge is 0.392 e. The summed E-state index contributed by atoms with van der Waals surface area (Å²) in [7, 11) is 0. The number of fused-ring (bicyclic) bond motifs is 1. The molecule has 1 heterocycles. The van der Waals surface area contributed by atoms with Gasteiger partial charge in [0.15, 0.2) is 0 Å². The van der Waals surface area contributed by atoms with Crippen molar-refractivity contribution in [2.24, 2.45) is 0 Å². The van der Waals surface area contributed by atoms with Crippen LogP contribution in [0.15, 0.2) is 35.9 Å². The molecule has 2 atom stereocenters. The summed E-state index contributed by atoms with van der Waals surface area (Å²) in [6, 6.07) is 8.63. The van der Waals surface area contributed by atoms with E-state index in [2.05, 4.69) is 35.7 Å². The van der Waals surface area contributed by atoms with Gasteiger partial charge in [0, 0.05) is 13.1 Å². The minimum atomic E-state index is -0.434. The van der Waals surface area contributed by atoms with E-state index in [1.807, 2.05) is 4.90 Å². The minimum Gasteiger partial charge on any atom is -0.392 e. The third-order valence-corrected chi connectivity index (χ3v) is 5.00. The van der Waals surface area contributed by atoms with Crippen LogP contribution in [-0.2, 0) is 11.2 Å². The number of rotatable bonds is 5. The molecule has 2 aliphatic rings. The molecular weight excluding hydrogens is 300 g/mol. The molecule has 0 saturated carbocycles. The number of carbonyl (C=O) groups is 1. The van der Waals surface area contributed by atoms with Gasteiger partial charge < -0.3 is 15.3 Å². The molecule has 0 radical (unpaired) electrons. The number of allylic oxidation sites excluding steroid dienone is 1. The van der Waals surface area contributed by atoms with E-state index in [-0.39, 0.29) is 18.5 Å². The Bertz CT molecular complexity index is 609. The highest BCUT2D eigenvalue weighted by atomic mass is 16.3. The normalized spacial score (nSPS) is 21.8. The number of hydrogen-bond donors (Lipinski definition) is 2. The van der Waals surface area contributed by atoms with Crippen LogP contribution in [-0.4, -0.2) is 41.7 Å². The van der Waals surface area contributed by atoms with Gasteiger partial charge in [0.1, 0.15) is 0 Å². The molecule has 1 aliphatic carbocycles. The standard InChI is InChI=1S/C20H28N2O2/c1-15(23)13-21-14-19(24)22-12-11-16-7-5-6-10-18(16)20(22)17-8-3-2-4-9-17/h5-8,10,15,20-21,23H,2-4,9,11-14H2,1H3/t15-,20?/m1/s1. The molecule has 130 valence electrons. The number of hydrogen-bond acceptors (Lipinski definition) is 3. The van der Waals surface area contributed by atoms with E-state index in [0.717, 1.165) is 25.8 Å². The molecule has 0 aromatic heterocycles. The van der Waals surface area contributed by atoms with Crippen molar-refractivity contribution >= 4 is 5.91 Å². The Morgan fingerprint density at radius 2 is 2.17 bits per heavy atom. The lowest BCUT2D eigenvalue weighted by molar-refractivity contribution is -0.132. The first-order chi connectivity index (χ1) is 11.7. The third-order valence-electron chi connectivity index (χ3n) is 5.00. The summed E-state index contributed by atoms with van der Waals surface area (Å²) in [5.41, 5.74) is 4.06. The number of nitrogens with zero attached hydrogens (tertiary/aromatic N) is 1. The van der Waals surface area contributed by atoms with Gasteiger partial charge in [0.25, 0.3) is 0 Å². The summed E-state index contributed by atoms with van der Waals surface area (Å²) in [6.45, 7) is 3.23. The predicted molar refractivity (Wildman–Crippen MR) is 95.7 cm³/mol. The van der Waals surface area contributed by atoms with Crippen molar-refractivity contribution < 1.29 is 9.90 Å². The SMILES string of the molecule is C[C@@H](O)CNCC(=O)N1CCc2ccccc2C1C1=CCCCC1. The summed E-state index contributed by atoms with van der Waals surface area (Å²) >= 11 is 0. The Kier molecular flexibility index (Phi) is 5.69. The molecule has 0 saturated heterocycles. The molecule has 1 aromatic rings. The van der Waals surface area contributed by atoms with Gasteiger partial charge in [-0.15, -0.1) is 0 Å². The van der Waals surface area contributed by atoms with Crippen LogP contribution < -0.4 is 5.32 Å². The molecule has 0 spiro atoms. The Hall–Kier alpha value is -1.65. The molecule has 0 fully saturated rings. The summed E-state index contributed by atoms with van der Waals surface area (Å²) in [5.74, 6) is 0.127. The van der Waals surface area contributed by atoms with E-state index >= 15 is 0 Å². The summed E-state index contributed by atoms with van der Waals surface area (Å²) < 4.78 is 0. The molecule has 1 unspecified atom stereocenters. The molecule has 4 nitrogen and oxygen atoms in total. The van der Waals surface area contributed by atoms with Crippen LogP contribution in [0.4, 0.5) is 0 Å². The van der Waals surface area contributed by atoms with Crippen molar-refractivity contribution in [3.63, 3.8) is 0 Å². The monoisotopic (exact) mass is 328 g/mol. The number of benzene rings is 1. The van der Waals surface area contributed by atoms with Crippen LogP contribution in [0.5, 0.6) is 0 Å². The van der Waals surface area contributed by atoms with Gasteiger partial charge in [-0.2, -0.15) is 0 Å². The quantitative estimate of drug-likeness (QED) is 0.817. The first kappa shape index (κ1) is 17.2. The molecule has 24 heavy (non-hydrogen) atoms. The lowest BCUT2D eigenvalue weighted by Gasteiger charge is -2.40. The van der Waals surface area contributed by atoms with E-state index in [4.69, 9.17) is 0 Å². The fraction of sp³-hybridized carbons (Fsp3) is 0.550. The second kappa shape index (κ2) is 7.95. The van der Waals surface area contributed by atoms with Crippen LogP contribution in [0.1, 0.15) is 49.8 Å². The molecule has 0 bridgehead atoms. The first-order valence-corrected chi connectivity index (χ1v) is 9.12. The van der Waals surface area contributed by atoms with Crippen LogP contribution in [0.3, 0.4) is 0 Å². The zero-order valence-electron chi connectivity index (χ0n) is 14.5. The lowest BCUT2D eigenvalue weighted by Crippen LogP contribution is -2.45. The Morgan fingerprint density at radius 1 is 1.33 bits per heavy atom. The maximum Gasteiger partial charge on any atom is 0.237 e. The first-order valence-electron chi connectivity index (χ1n) is 9.12. The van der Waals surface area contributed by atoms with Gasteiger partial charge >= 0.3 is 0 Å². The summed E-state index contributed by atoms with van der Waals surface area (Å²) in [6.07, 6.45) is 7.51. The van der Waals surface area contributed by atoms with E-state index < -0.39 is 6.10 Å². The molecule has 3 rings (SSSR count). The van der Waals surface area contributed by atoms with Crippen LogP contribution in [0.25, 0.3) is 0 Å². The molecule has 1 amide bonds. The number of aliphatic hydroxyl groups excluding tert-OH is 1. The number of aliphatic hydroxyl groups is 1. The lowest BCUT2D eigenvalue weighted by atomic mass is 9.83. The molecule has 1 aromatic carbocycles. The van der Waals surface area contributed by atoms with Crippen LogP contribution in [0, 0.1) is 0 Å². The Balaban J connectivity index is 1.82. The second-order valence-electron chi connectivity index (χ2n) is 6.94. The molecule has 1 aliphatic heterocycles. The van der Waals surface area contributed by atoms with E-state index in [9.17, 15) is 9.90 Å². The maximum absolute atomic E-state index is 12.8. The van der Waals surface area contributed by atoms with Gasteiger partial charge in [-0.05, 0) is 55.7 Å². The zero-order chi connectivity index (χ0) is 16.9. The number of carbonyl (C=O) groups excluding carboxylic acids is 1. The van der Waals surface area contributed by atoms with Gasteiger partial charge in [0.2, 0.25) is 5.91 Å². The van der Waals surface area contributed by atoms with Crippen LogP contribution >= 0.6 is 0 Å². The van der Waals surface area contributed by atoms with Crippen LogP contribution in [0.2, 0.25) is 0 Å². The predicted octanol–water partition coefficient (Wildman–Crippen LogP) is 2.58. The number of amides is 1. The average Bonchev–Trinajstić information content (AvgIpc) is 2.61. The van der Waals surface area contributed by atoms with E-state index in [0.29, 0.717) is 6.54 Å². The summed E-state index contributed by atoms with van der Waals surface area (Å²) in [4.78, 5) is 14.8. The van der Waals surface area contributed by atoms with Crippen molar-refractivity contribution in [2.45, 2.75) is 51.2 Å². The van der Waals surface area contributed by atoms with Gasteiger partial charge in [-0.3, -0.25) is 4.79 Å². The summed E-state index contributed by atoms with van der Waals surface area (Å²) in [5, 5.41) is 12.4. The van der Waals surface area contributed by atoms with Crippen molar-refractivity contribution in [2.75, 3.05) is 19.6 Å². The Labute approximate surface area is 144 Å². The van der Waals surface area contributed by atoms with Gasteiger partial charge in [0.05, 0.1) is 18.7 Å². The number of nitrogens with one attached hydrogen (secondary N) is 1. The van der Waals surface area contributed by atoms with Crippen molar-refractivity contribution in [1.82, 2.24) is 10.2 Å². The smallest absolute Gasteiger partial charge is 0.237 e. The van der Waals surface area contributed by atoms with Crippen molar-refractivity contribution in [3.05, 3.63) is 47.0 Å². The highest BCUT2D eigenvalue weighted by Gasteiger charge is 2.33. The minimum absolute atomic E-state index is 0.0936. The zero-order valence-corrected chi connectivity index (χ0v) is 14.5. The average molecular weight is 328 g/mol. The molecule has 4 heteroatoms. The Morgan fingerprint density at radius 3 is 2.92 bits per heavy atom. The third kappa shape index (κ3) is 3.87. The maximum atomic E-state index is 12.8. The highest BCUT2D eigenvalue weighted by Crippen LogP contribution is 2.39. The van der Waals surface area contributed by atoms with Gasteiger partial charge in [-0.25, -0.2) is 0 Å². The molecule has 2 N–H and O–H groups in total. The van der Waals surface area contributed by atoms with Gasteiger partial charge in [-0.1, -0.05) is 30.3 Å².